The first kappa shape index (κ1) is 11.9. The topological polar surface area (TPSA) is 33.2 Å². The minimum Gasteiger partial charge on any atom is -0.345 e. The molecule has 0 N–H and O–H groups in total. The van der Waals surface area contributed by atoms with E-state index in [1.807, 2.05) is 0 Å². The Morgan fingerprint density at radius 2 is 2.25 bits per heavy atom. The molecular formula is C11H15ClN2OS. The van der Waals surface area contributed by atoms with E-state index in [-0.39, 0.29) is 0 Å². The molecule has 2 atom stereocenters. The number of anilines is 1. The van der Waals surface area contributed by atoms with Gasteiger partial charge in [0.25, 0.3) is 0 Å². The van der Waals surface area contributed by atoms with E-state index >= 15 is 0 Å². The second-order valence-electron chi connectivity index (χ2n) is 4.45. The molecule has 1 aromatic heterocycles. The van der Waals surface area contributed by atoms with E-state index in [4.69, 9.17) is 11.6 Å². The first-order valence-electron chi connectivity index (χ1n) is 5.50. The maximum absolute atomic E-state index is 10.7. The van der Waals surface area contributed by atoms with Gasteiger partial charge in [-0.05, 0) is 25.7 Å². The summed E-state index contributed by atoms with van der Waals surface area (Å²) >= 11 is 7.28. The molecule has 0 aliphatic carbocycles. The number of aromatic nitrogens is 1. The van der Waals surface area contributed by atoms with Gasteiger partial charge >= 0.3 is 0 Å². The predicted molar refractivity (Wildman–Crippen MR) is 67.7 cm³/mol. The maximum atomic E-state index is 10.7. The Hall–Kier alpha value is -0.610. The molecule has 0 spiro atoms. The molecule has 0 saturated carbocycles. The van der Waals surface area contributed by atoms with Crippen LogP contribution >= 0.6 is 22.9 Å². The molecule has 3 nitrogen and oxygen atoms in total. The molecule has 2 rings (SSSR count). The third-order valence-electron chi connectivity index (χ3n) is 3.07. The molecule has 0 radical (unpaired) electrons. The predicted octanol–water partition coefficient (Wildman–Crippen LogP) is 3.23. The number of nitrogens with zero attached hydrogens (tertiary/aromatic N) is 2. The number of halogens is 1. The summed E-state index contributed by atoms with van der Waals surface area (Å²) in [7, 11) is 0. The quantitative estimate of drug-likeness (QED) is 0.764. The molecule has 1 aliphatic heterocycles. The summed E-state index contributed by atoms with van der Waals surface area (Å²) in [5.41, 5.74) is 0. The average molecular weight is 259 g/mol. The zero-order valence-electron chi connectivity index (χ0n) is 9.44. The molecule has 1 saturated heterocycles. The summed E-state index contributed by atoms with van der Waals surface area (Å²) in [6.45, 7) is 5.44. The van der Waals surface area contributed by atoms with Gasteiger partial charge in [-0.25, -0.2) is 4.98 Å². The summed E-state index contributed by atoms with van der Waals surface area (Å²) < 4.78 is 0. The maximum Gasteiger partial charge on any atom is 0.187 e. The van der Waals surface area contributed by atoms with Gasteiger partial charge in [-0.1, -0.05) is 29.9 Å². The lowest BCUT2D eigenvalue weighted by Gasteiger charge is -2.36. The van der Waals surface area contributed by atoms with Gasteiger partial charge < -0.3 is 4.90 Å². The van der Waals surface area contributed by atoms with Crippen LogP contribution < -0.4 is 4.90 Å². The number of carbonyl (C=O) groups is 1. The number of hydrogen-bond donors (Lipinski definition) is 0. The van der Waals surface area contributed by atoms with E-state index in [9.17, 15) is 4.79 Å². The standard InChI is InChI=1S/C11H15ClN2OS/c1-7-3-4-8(2)14(5-7)11-13-10(12)9(6-15)16-11/h6-8H,3-5H2,1-2H3. The Labute approximate surface area is 104 Å². The van der Waals surface area contributed by atoms with E-state index in [0.29, 0.717) is 22.0 Å². The number of rotatable bonds is 2. The summed E-state index contributed by atoms with van der Waals surface area (Å²) in [5, 5.41) is 1.21. The molecule has 1 aromatic rings. The van der Waals surface area contributed by atoms with Crippen molar-refractivity contribution in [2.45, 2.75) is 32.7 Å². The normalized spacial score (nSPS) is 25.8. The lowest BCUT2D eigenvalue weighted by Crippen LogP contribution is -2.41. The van der Waals surface area contributed by atoms with Crippen LogP contribution in [0.5, 0.6) is 0 Å². The minimum atomic E-state index is 0.334. The second kappa shape index (κ2) is 4.72. The zero-order chi connectivity index (χ0) is 11.7. The number of thiazole rings is 1. The van der Waals surface area contributed by atoms with E-state index in [2.05, 4.69) is 23.7 Å². The third-order valence-corrected chi connectivity index (χ3v) is 4.49. The van der Waals surface area contributed by atoms with Gasteiger partial charge in [0.05, 0.1) is 0 Å². The Morgan fingerprint density at radius 3 is 2.88 bits per heavy atom. The van der Waals surface area contributed by atoms with Crippen LogP contribution in [0.1, 0.15) is 36.4 Å². The molecule has 5 heteroatoms. The lowest BCUT2D eigenvalue weighted by molar-refractivity contribution is 0.112. The van der Waals surface area contributed by atoms with E-state index in [1.165, 1.54) is 24.2 Å². The van der Waals surface area contributed by atoms with Gasteiger partial charge in [0, 0.05) is 12.6 Å². The van der Waals surface area contributed by atoms with Crippen molar-refractivity contribution in [1.29, 1.82) is 0 Å². The van der Waals surface area contributed by atoms with Crippen molar-refractivity contribution in [3.8, 4) is 0 Å². The highest BCUT2D eigenvalue weighted by Gasteiger charge is 2.26. The highest BCUT2D eigenvalue weighted by Crippen LogP contribution is 2.33. The van der Waals surface area contributed by atoms with Crippen molar-refractivity contribution in [3.63, 3.8) is 0 Å². The van der Waals surface area contributed by atoms with Gasteiger partial charge in [-0.2, -0.15) is 0 Å². The van der Waals surface area contributed by atoms with Crippen molar-refractivity contribution < 1.29 is 4.79 Å². The van der Waals surface area contributed by atoms with Crippen LogP contribution in [0.4, 0.5) is 5.13 Å². The fourth-order valence-corrected chi connectivity index (χ4v) is 3.23. The molecule has 0 bridgehead atoms. The molecule has 0 aromatic carbocycles. The Balaban J connectivity index is 2.24. The van der Waals surface area contributed by atoms with Crippen LogP contribution in [0.15, 0.2) is 0 Å². The van der Waals surface area contributed by atoms with Gasteiger partial charge in [-0.15, -0.1) is 0 Å². The molecule has 2 unspecified atom stereocenters. The highest BCUT2D eigenvalue weighted by molar-refractivity contribution is 7.17. The van der Waals surface area contributed by atoms with Crippen molar-refractivity contribution in [2.24, 2.45) is 5.92 Å². The van der Waals surface area contributed by atoms with E-state index < -0.39 is 0 Å². The van der Waals surface area contributed by atoms with Crippen molar-refractivity contribution in [3.05, 3.63) is 10.0 Å². The third kappa shape index (κ3) is 2.23. The molecule has 1 fully saturated rings. The highest BCUT2D eigenvalue weighted by atomic mass is 35.5. The van der Waals surface area contributed by atoms with Crippen LogP contribution in [0, 0.1) is 5.92 Å². The van der Waals surface area contributed by atoms with E-state index in [0.717, 1.165) is 18.0 Å². The molecular weight excluding hydrogens is 244 g/mol. The van der Waals surface area contributed by atoms with Crippen molar-refractivity contribution in [1.82, 2.24) is 4.98 Å². The molecule has 88 valence electrons. The summed E-state index contributed by atoms with van der Waals surface area (Å²) in [6.07, 6.45) is 3.22. The fraction of sp³-hybridized carbons (Fsp3) is 0.636. The van der Waals surface area contributed by atoms with Crippen LogP contribution in [0.2, 0.25) is 5.15 Å². The molecule has 1 aliphatic rings. The van der Waals surface area contributed by atoms with Gasteiger partial charge in [0.1, 0.15) is 4.88 Å². The lowest BCUT2D eigenvalue weighted by atomic mass is 9.96. The summed E-state index contributed by atoms with van der Waals surface area (Å²) in [6, 6.07) is 0.484. The monoisotopic (exact) mass is 258 g/mol. The molecule has 0 amide bonds. The number of aldehydes is 1. The summed E-state index contributed by atoms with van der Waals surface area (Å²) in [5.74, 6) is 0.679. The van der Waals surface area contributed by atoms with Crippen molar-refractivity contribution >= 4 is 34.4 Å². The molecule has 16 heavy (non-hydrogen) atoms. The average Bonchev–Trinajstić information content (AvgIpc) is 2.63. The summed E-state index contributed by atoms with van der Waals surface area (Å²) in [4.78, 5) is 17.8. The largest absolute Gasteiger partial charge is 0.345 e. The van der Waals surface area contributed by atoms with Crippen LogP contribution in [0.3, 0.4) is 0 Å². The first-order valence-corrected chi connectivity index (χ1v) is 6.69. The van der Waals surface area contributed by atoms with E-state index in [1.54, 1.807) is 0 Å². The minimum absolute atomic E-state index is 0.334. The van der Waals surface area contributed by atoms with Crippen LogP contribution in [-0.4, -0.2) is 23.9 Å². The Kier molecular flexibility index (Phi) is 3.50. The zero-order valence-corrected chi connectivity index (χ0v) is 11.0. The number of hydrogen-bond acceptors (Lipinski definition) is 4. The van der Waals surface area contributed by atoms with Gasteiger partial charge in [-0.3, -0.25) is 4.79 Å². The van der Waals surface area contributed by atoms with Crippen molar-refractivity contribution in [2.75, 3.05) is 11.4 Å². The first-order chi connectivity index (χ1) is 7.61. The van der Waals surface area contributed by atoms with Crippen LogP contribution in [-0.2, 0) is 0 Å². The van der Waals surface area contributed by atoms with Gasteiger partial charge in [0.15, 0.2) is 16.6 Å². The Morgan fingerprint density at radius 1 is 1.50 bits per heavy atom. The van der Waals surface area contributed by atoms with Crippen LogP contribution in [0.25, 0.3) is 0 Å². The number of piperidine rings is 1. The van der Waals surface area contributed by atoms with Gasteiger partial charge in [0.2, 0.25) is 0 Å². The second-order valence-corrected chi connectivity index (χ2v) is 5.82. The number of carbonyl (C=O) groups excluding carboxylic acids is 1. The smallest absolute Gasteiger partial charge is 0.187 e. The fourth-order valence-electron chi connectivity index (χ4n) is 2.05. The molecule has 2 heterocycles. The Bertz CT molecular complexity index is 393. The SMILES string of the molecule is CC1CCC(C)N(c2nc(Cl)c(C=O)s2)C1.